The van der Waals surface area contributed by atoms with Crippen molar-refractivity contribution in [3.8, 4) is 17.2 Å². The Morgan fingerprint density at radius 2 is 2.04 bits per heavy atom. The van der Waals surface area contributed by atoms with Gasteiger partial charge in [0.2, 0.25) is 12.7 Å². The lowest BCUT2D eigenvalue weighted by Crippen LogP contribution is -2.30. The predicted octanol–water partition coefficient (Wildman–Crippen LogP) is 2.28. The van der Waals surface area contributed by atoms with Gasteiger partial charge in [-0.25, -0.2) is 0 Å². The molecular weight excluding hydrogens is 360 g/mol. The van der Waals surface area contributed by atoms with E-state index in [1.807, 2.05) is 30.3 Å². The largest absolute Gasteiger partial charge is 0.484 e. The number of nitrogens with one attached hydrogen (secondary N) is 1. The van der Waals surface area contributed by atoms with Gasteiger partial charge < -0.3 is 24.4 Å². The third-order valence-electron chi connectivity index (χ3n) is 4.75. The van der Waals surface area contributed by atoms with Gasteiger partial charge in [-0.15, -0.1) is 0 Å². The Bertz CT molecular complexity index is 883. The van der Waals surface area contributed by atoms with Gasteiger partial charge in [0.15, 0.2) is 18.1 Å². The summed E-state index contributed by atoms with van der Waals surface area (Å²) in [7, 11) is 0. The second-order valence-electron chi connectivity index (χ2n) is 6.72. The minimum absolute atomic E-state index is 0.0709. The summed E-state index contributed by atoms with van der Waals surface area (Å²) in [5.41, 5.74) is 1.87. The highest BCUT2D eigenvalue weighted by atomic mass is 16.7. The molecule has 7 nitrogen and oxygen atoms in total. The molecule has 2 aliphatic heterocycles. The Morgan fingerprint density at radius 1 is 1.14 bits per heavy atom. The van der Waals surface area contributed by atoms with Crippen molar-refractivity contribution in [2.45, 2.75) is 19.3 Å². The van der Waals surface area contributed by atoms with E-state index in [1.165, 1.54) is 0 Å². The molecule has 0 aliphatic carbocycles. The number of benzene rings is 2. The van der Waals surface area contributed by atoms with E-state index in [4.69, 9.17) is 14.2 Å². The zero-order valence-corrected chi connectivity index (χ0v) is 15.5. The van der Waals surface area contributed by atoms with Crippen molar-refractivity contribution >= 4 is 17.5 Å². The number of amides is 2. The number of carbonyl (C=O) groups is 2. The lowest BCUT2D eigenvalue weighted by atomic mass is 10.1. The van der Waals surface area contributed by atoms with Crippen LogP contribution in [0.4, 0.5) is 5.69 Å². The Balaban J connectivity index is 1.23. The monoisotopic (exact) mass is 382 g/mol. The average Bonchev–Trinajstić information content (AvgIpc) is 3.35. The van der Waals surface area contributed by atoms with Crippen LogP contribution in [0.2, 0.25) is 0 Å². The molecule has 0 bridgehead atoms. The Labute approximate surface area is 163 Å². The summed E-state index contributed by atoms with van der Waals surface area (Å²) in [6.45, 7) is 1.41. The van der Waals surface area contributed by atoms with Gasteiger partial charge >= 0.3 is 0 Å². The molecule has 0 aromatic heterocycles. The fourth-order valence-corrected chi connectivity index (χ4v) is 3.30. The molecule has 0 spiro atoms. The maximum absolute atomic E-state index is 12.0. The van der Waals surface area contributed by atoms with E-state index >= 15 is 0 Å². The summed E-state index contributed by atoms with van der Waals surface area (Å²) in [5.74, 6) is 1.99. The van der Waals surface area contributed by atoms with Gasteiger partial charge in [0, 0.05) is 31.3 Å². The molecule has 0 unspecified atom stereocenters. The van der Waals surface area contributed by atoms with Gasteiger partial charge in [-0.3, -0.25) is 9.59 Å². The first kappa shape index (κ1) is 18.2. The van der Waals surface area contributed by atoms with E-state index < -0.39 is 0 Å². The summed E-state index contributed by atoms with van der Waals surface area (Å²) in [4.78, 5) is 25.6. The molecule has 0 atom stereocenters. The van der Waals surface area contributed by atoms with Crippen molar-refractivity contribution in [1.29, 1.82) is 0 Å². The molecule has 2 aliphatic rings. The van der Waals surface area contributed by atoms with Crippen LogP contribution in [0.25, 0.3) is 0 Å². The topological polar surface area (TPSA) is 77.1 Å². The predicted molar refractivity (Wildman–Crippen MR) is 103 cm³/mol. The normalized spacial score (nSPS) is 15.0. The van der Waals surface area contributed by atoms with Crippen LogP contribution >= 0.6 is 0 Å². The number of rotatable bonds is 7. The molecule has 2 aromatic rings. The quantitative estimate of drug-likeness (QED) is 0.795. The molecule has 1 fully saturated rings. The van der Waals surface area contributed by atoms with Crippen molar-refractivity contribution in [3.05, 3.63) is 48.0 Å². The molecule has 2 amide bonds. The SMILES string of the molecule is O=C(COc1cccc(N2CCCC2=O)c1)NCCc1ccc2c(c1)OCO2. The third-order valence-corrected chi connectivity index (χ3v) is 4.75. The first-order chi connectivity index (χ1) is 13.7. The lowest BCUT2D eigenvalue weighted by molar-refractivity contribution is -0.123. The molecule has 2 heterocycles. The maximum atomic E-state index is 12.0. The number of hydrogen-bond donors (Lipinski definition) is 1. The number of ether oxygens (including phenoxy) is 3. The number of carbonyl (C=O) groups excluding carboxylic acids is 2. The zero-order valence-electron chi connectivity index (χ0n) is 15.5. The van der Waals surface area contributed by atoms with Crippen LogP contribution in [-0.2, 0) is 16.0 Å². The maximum Gasteiger partial charge on any atom is 0.257 e. The van der Waals surface area contributed by atoms with Crippen molar-refractivity contribution in [3.63, 3.8) is 0 Å². The molecule has 0 radical (unpaired) electrons. The van der Waals surface area contributed by atoms with Crippen LogP contribution in [0.1, 0.15) is 18.4 Å². The molecule has 146 valence electrons. The Morgan fingerprint density at radius 3 is 2.89 bits per heavy atom. The van der Waals surface area contributed by atoms with Gasteiger partial charge in [0.05, 0.1) is 0 Å². The van der Waals surface area contributed by atoms with E-state index in [-0.39, 0.29) is 25.2 Å². The van der Waals surface area contributed by atoms with Crippen molar-refractivity contribution < 1.29 is 23.8 Å². The van der Waals surface area contributed by atoms with E-state index in [2.05, 4.69) is 5.32 Å². The number of fused-ring (bicyclic) bond motifs is 1. The van der Waals surface area contributed by atoms with Gasteiger partial charge in [-0.1, -0.05) is 12.1 Å². The molecule has 28 heavy (non-hydrogen) atoms. The molecule has 2 aromatic carbocycles. The molecule has 0 saturated carbocycles. The minimum atomic E-state index is -0.191. The van der Waals surface area contributed by atoms with Crippen LogP contribution < -0.4 is 24.4 Å². The van der Waals surface area contributed by atoms with E-state index in [1.54, 1.807) is 17.0 Å². The average molecular weight is 382 g/mol. The van der Waals surface area contributed by atoms with Crippen molar-refractivity contribution in [2.75, 3.05) is 31.4 Å². The van der Waals surface area contributed by atoms with Crippen molar-refractivity contribution in [2.24, 2.45) is 0 Å². The summed E-state index contributed by atoms with van der Waals surface area (Å²) < 4.78 is 16.2. The van der Waals surface area contributed by atoms with Gasteiger partial charge in [-0.2, -0.15) is 0 Å². The fourth-order valence-electron chi connectivity index (χ4n) is 3.30. The summed E-state index contributed by atoms with van der Waals surface area (Å²) in [5, 5.41) is 2.85. The van der Waals surface area contributed by atoms with Gasteiger partial charge in [0.25, 0.3) is 5.91 Å². The highest BCUT2D eigenvalue weighted by Crippen LogP contribution is 2.32. The highest BCUT2D eigenvalue weighted by molar-refractivity contribution is 5.95. The van der Waals surface area contributed by atoms with Gasteiger partial charge in [0.1, 0.15) is 5.75 Å². The van der Waals surface area contributed by atoms with E-state index in [0.29, 0.717) is 25.1 Å². The lowest BCUT2D eigenvalue weighted by Gasteiger charge is -2.16. The highest BCUT2D eigenvalue weighted by Gasteiger charge is 2.21. The van der Waals surface area contributed by atoms with Crippen LogP contribution in [0.3, 0.4) is 0 Å². The fraction of sp³-hybridized carbons (Fsp3) is 0.333. The zero-order chi connectivity index (χ0) is 19.3. The molecule has 1 N–H and O–H groups in total. The smallest absolute Gasteiger partial charge is 0.257 e. The first-order valence-corrected chi connectivity index (χ1v) is 9.37. The van der Waals surface area contributed by atoms with Crippen LogP contribution in [-0.4, -0.2) is 38.3 Å². The molecule has 4 rings (SSSR count). The van der Waals surface area contributed by atoms with Crippen molar-refractivity contribution in [1.82, 2.24) is 5.32 Å². The Hall–Kier alpha value is -3.22. The van der Waals surface area contributed by atoms with E-state index in [0.717, 1.165) is 35.7 Å². The number of nitrogens with zero attached hydrogens (tertiary/aromatic N) is 1. The second kappa shape index (κ2) is 8.21. The molecule has 1 saturated heterocycles. The van der Waals surface area contributed by atoms with Crippen LogP contribution in [0.15, 0.2) is 42.5 Å². The van der Waals surface area contributed by atoms with Crippen LogP contribution in [0.5, 0.6) is 17.2 Å². The standard InChI is InChI=1S/C21H22N2O5/c24-20(22-9-8-15-6-7-18-19(11-15)28-14-27-18)13-26-17-4-1-3-16(12-17)23-10-2-5-21(23)25/h1,3-4,6-7,11-12H,2,5,8-10,13-14H2,(H,22,24). The number of hydrogen-bond acceptors (Lipinski definition) is 5. The van der Waals surface area contributed by atoms with E-state index in [9.17, 15) is 9.59 Å². The van der Waals surface area contributed by atoms with Gasteiger partial charge in [-0.05, 0) is 42.7 Å². The molecule has 7 heteroatoms. The summed E-state index contributed by atoms with van der Waals surface area (Å²) in [6, 6.07) is 13.0. The minimum Gasteiger partial charge on any atom is -0.484 e. The molecular formula is C21H22N2O5. The summed E-state index contributed by atoms with van der Waals surface area (Å²) in [6.07, 6.45) is 2.14. The number of anilines is 1. The second-order valence-corrected chi connectivity index (χ2v) is 6.72. The Kier molecular flexibility index (Phi) is 5.32. The van der Waals surface area contributed by atoms with Crippen LogP contribution in [0, 0.1) is 0 Å². The third kappa shape index (κ3) is 4.19. The summed E-state index contributed by atoms with van der Waals surface area (Å²) >= 11 is 0. The first-order valence-electron chi connectivity index (χ1n) is 9.37.